The lowest BCUT2D eigenvalue weighted by Gasteiger charge is -2.07. The minimum absolute atomic E-state index is 0.130. The second-order valence-electron chi connectivity index (χ2n) is 5.02. The van der Waals surface area contributed by atoms with E-state index in [0.717, 1.165) is 12.2 Å². The zero-order valence-corrected chi connectivity index (χ0v) is 13.0. The van der Waals surface area contributed by atoms with E-state index in [1.165, 1.54) is 5.56 Å². The van der Waals surface area contributed by atoms with Gasteiger partial charge < -0.3 is 15.4 Å². The van der Waals surface area contributed by atoms with Crippen molar-refractivity contribution >= 4 is 11.6 Å². The van der Waals surface area contributed by atoms with Crippen LogP contribution < -0.4 is 15.4 Å². The largest absolute Gasteiger partial charge is 0.497 e. The molecule has 0 spiro atoms. The fraction of sp³-hybridized carbons (Fsp3) is 0.222. The maximum atomic E-state index is 11.8. The second kappa shape index (κ2) is 8.57. The molecule has 2 rings (SSSR count). The highest BCUT2D eigenvalue weighted by atomic mass is 16.5. The van der Waals surface area contributed by atoms with Crippen LogP contribution in [0, 0.1) is 11.3 Å². The van der Waals surface area contributed by atoms with Gasteiger partial charge in [-0.2, -0.15) is 5.26 Å². The van der Waals surface area contributed by atoms with E-state index in [4.69, 9.17) is 10.00 Å². The van der Waals surface area contributed by atoms with Crippen molar-refractivity contribution in [3.8, 4) is 11.8 Å². The minimum Gasteiger partial charge on any atom is -0.497 e. The lowest BCUT2D eigenvalue weighted by Crippen LogP contribution is -2.29. The molecule has 0 aliphatic heterocycles. The van der Waals surface area contributed by atoms with Gasteiger partial charge in [0.25, 0.3) is 0 Å². The highest BCUT2D eigenvalue weighted by molar-refractivity contribution is 5.92. The van der Waals surface area contributed by atoms with Crippen LogP contribution >= 0.6 is 0 Å². The molecule has 2 aromatic rings. The Balaban J connectivity index is 1.71. The third-order valence-corrected chi connectivity index (χ3v) is 3.31. The number of hydrogen-bond acceptors (Lipinski definition) is 4. The molecule has 23 heavy (non-hydrogen) atoms. The summed E-state index contributed by atoms with van der Waals surface area (Å²) < 4.78 is 5.11. The van der Waals surface area contributed by atoms with Gasteiger partial charge in [-0.05, 0) is 48.9 Å². The first-order valence-electron chi connectivity index (χ1n) is 7.35. The second-order valence-corrected chi connectivity index (χ2v) is 5.02. The third-order valence-electron chi connectivity index (χ3n) is 3.31. The number of methoxy groups -OCH3 is 1. The van der Waals surface area contributed by atoms with Gasteiger partial charge in [-0.25, -0.2) is 0 Å². The Bertz CT molecular complexity index is 690. The molecular weight excluding hydrogens is 290 g/mol. The average Bonchev–Trinajstić information content (AvgIpc) is 2.59. The maximum absolute atomic E-state index is 11.8. The van der Waals surface area contributed by atoms with Gasteiger partial charge in [-0.3, -0.25) is 4.79 Å². The summed E-state index contributed by atoms with van der Waals surface area (Å²) in [5, 5.41) is 14.7. The topological polar surface area (TPSA) is 74.2 Å². The van der Waals surface area contributed by atoms with Gasteiger partial charge >= 0.3 is 0 Å². The van der Waals surface area contributed by atoms with Crippen LogP contribution in [0.15, 0.2) is 48.5 Å². The number of nitrogens with one attached hydrogen (secondary N) is 2. The number of carbonyl (C=O) groups is 1. The Morgan fingerprint density at radius 2 is 2.00 bits per heavy atom. The van der Waals surface area contributed by atoms with Gasteiger partial charge in [0, 0.05) is 5.69 Å². The summed E-state index contributed by atoms with van der Waals surface area (Å²) >= 11 is 0. The zero-order chi connectivity index (χ0) is 16.5. The molecule has 0 saturated carbocycles. The summed E-state index contributed by atoms with van der Waals surface area (Å²) in [6, 6.07) is 16.7. The van der Waals surface area contributed by atoms with E-state index in [1.54, 1.807) is 31.4 Å². The highest BCUT2D eigenvalue weighted by Gasteiger charge is 2.02. The fourth-order valence-electron chi connectivity index (χ4n) is 2.10. The molecule has 5 heteroatoms. The predicted octanol–water partition coefficient (Wildman–Crippen LogP) is 2.34. The summed E-state index contributed by atoms with van der Waals surface area (Å²) in [5.74, 6) is 0.704. The summed E-state index contributed by atoms with van der Waals surface area (Å²) in [7, 11) is 1.64. The van der Waals surface area contributed by atoms with Crippen LogP contribution in [0.25, 0.3) is 0 Å². The number of nitrogens with zero attached hydrogens (tertiary/aromatic N) is 1. The van der Waals surface area contributed by atoms with Crippen LogP contribution in [0.4, 0.5) is 5.69 Å². The van der Waals surface area contributed by atoms with Gasteiger partial charge in [-0.15, -0.1) is 0 Å². The number of rotatable bonds is 7. The van der Waals surface area contributed by atoms with Crippen LogP contribution in [0.2, 0.25) is 0 Å². The van der Waals surface area contributed by atoms with E-state index in [1.807, 2.05) is 30.3 Å². The van der Waals surface area contributed by atoms with Crippen molar-refractivity contribution in [1.29, 1.82) is 5.26 Å². The Morgan fingerprint density at radius 3 is 2.70 bits per heavy atom. The molecule has 5 nitrogen and oxygen atoms in total. The SMILES string of the molecule is COc1ccc(CCNCC(=O)Nc2cccc(C#N)c2)cc1. The number of anilines is 1. The van der Waals surface area contributed by atoms with E-state index in [2.05, 4.69) is 10.6 Å². The molecule has 2 N–H and O–H groups in total. The molecule has 2 aromatic carbocycles. The third kappa shape index (κ3) is 5.46. The van der Waals surface area contributed by atoms with E-state index in [-0.39, 0.29) is 12.5 Å². The monoisotopic (exact) mass is 309 g/mol. The smallest absolute Gasteiger partial charge is 0.238 e. The number of carbonyl (C=O) groups excluding carboxylic acids is 1. The molecule has 0 aliphatic carbocycles. The maximum Gasteiger partial charge on any atom is 0.238 e. The van der Waals surface area contributed by atoms with Crippen molar-refractivity contribution in [1.82, 2.24) is 5.32 Å². The molecule has 0 bridgehead atoms. The fourth-order valence-corrected chi connectivity index (χ4v) is 2.10. The molecule has 118 valence electrons. The van der Waals surface area contributed by atoms with Crippen molar-refractivity contribution in [2.75, 3.05) is 25.5 Å². The molecule has 0 saturated heterocycles. The van der Waals surface area contributed by atoms with Crippen LogP contribution in [0.1, 0.15) is 11.1 Å². The Kier molecular flexibility index (Phi) is 6.16. The van der Waals surface area contributed by atoms with Crippen LogP contribution in [0.3, 0.4) is 0 Å². The van der Waals surface area contributed by atoms with Gasteiger partial charge in [0.1, 0.15) is 5.75 Å². The normalized spacial score (nSPS) is 9.91. The molecule has 0 fully saturated rings. The van der Waals surface area contributed by atoms with Gasteiger partial charge in [0.15, 0.2) is 0 Å². The molecule has 0 radical (unpaired) electrons. The summed E-state index contributed by atoms with van der Waals surface area (Å²) in [6.07, 6.45) is 0.835. The van der Waals surface area contributed by atoms with Crippen molar-refractivity contribution in [2.45, 2.75) is 6.42 Å². The van der Waals surface area contributed by atoms with E-state index >= 15 is 0 Å². The lowest BCUT2D eigenvalue weighted by molar-refractivity contribution is -0.115. The molecule has 0 aromatic heterocycles. The average molecular weight is 309 g/mol. The number of benzene rings is 2. The van der Waals surface area contributed by atoms with Gasteiger partial charge in [0.2, 0.25) is 5.91 Å². The lowest BCUT2D eigenvalue weighted by atomic mass is 10.1. The summed E-state index contributed by atoms with van der Waals surface area (Å²) in [4.78, 5) is 11.8. The molecular formula is C18H19N3O2. The van der Waals surface area contributed by atoms with Crippen LogP contribution in [-0.2, 0) is 11.2 Å². The van der Waals surface area contributed by atoms with Crippen molar-refractivity contribution < 1.29 is 9.53 Å². The van der Waals surface area contributed by atoms with Gasteiger partial charge in [0.05, 0.1) is 25.3 Å². The van der Waals surface area contributed by atoms with Crippen LogP contribution in [-0.4, -0.2) is 26.1 Å². The number of ether oxygens (including phenoxy) is 1. The molecule has 0 atom stereocenters. The number of hydrogen-bond donors (Lipinski definition) is 2. The number of amides is 1. The van der Waals surface area contributed by atoms with E-state index in [9.17, 15) is 4.79 Å². The highest BCUT2D eigenvalue weighted by Crippen LogP contribution is 2.11. The quantitative estimate of drug-likeness (QED) is 0.770. The first-order valence-corrected chi connectivity index (χ1v) is 7.35. The number of nitriles is 1. The summed E-state index contributed by atoms with van der Waals surface area (Å²) in [5.41, 5.74) is 2.33. The Hall–Kier alpha value is -2.84. The van der Waals surface area contributed by atoms with E-state index < -0.39 is 0 Å². The van der Waals surface area contributed by atoms with Crippen molar-refractivity contribution in [3.05, 3.63) is 59.7 Å². The Labute approximate surface area is 135 Å². The standard InChI is InChI=1S/C18H19N3O2/c1-23-17-7-5-14(6-8-17)9-10-20-13-18(22)21-16-4-2-3-15(11-16)12-19/h2-8,11,20H,9-10,13H2,1H3,(H,21,22). The first-order chi connectivity index (χ1) is 11.2. The molecule has 0 aliphatic rings. The zero-order valence-electron chi connectivity index (χ0n) is 13.0. The van der Waals surface area contributed by atoms with Gasteiger partial charge in [-0.1, -0.05) is 18.2 Å². The van der Waals surface area contributed by atoms with Crippen molar-refractivity contribution in [2.24, 2.45) is 0 Å². The Morgan fingerprint density at radius 1 is 1.22 bits per heavy atom. The van der Waals surface area contributed by atoms with Crippen LogP contribution in [0.5, 0.6) is 5.75 Å². The van der Waals surface area contributed by atoms with E-state index in [0.29, 0.717) is 17.8 Å². The molecule has 0 unspecified atom stereocenters. The molecule has 0 heterocycles. The predicted molar refractivity (Wildman–Crippen MR) is 89.4 cm³/mol. The molecule has 1 amide bonds. The summed E-state index contributed by atoms with van der Waals surface area (Å²) in [6.45, 7) is 0.935. The minimum atomic E-state index is -0.130. The van der Waals surface area contributed by atoms with Crippen molar-refractivity contribution in [3.63, 3.8) is 0 Å². The first kappa shape index (κ1) is 16.5.